The fourth-order valence-corrected chi connectivity index (χ4v) is 7.49. The van der Waals surface area contributed by atoms with Crippen LogP contribution >= 0.6 is 12.2 Å². The molecule has 3 N–H and O–H groups in total. The first-order valence-corrected chi connectivity index (χ1v) is 17.4. The lowest BCUT2D eigenvalue weighted by atomic mass is 9.81. The van der Waals surface area contributed by atoms with Gasteiger partial charge in [-0.2, -0.15) is 0 Å². The van der Waals surface area contributed by atoms with Crippen molar-refractivity contribution in [3.63, 3.8) is 0 Å². The Balaban J connectivity index is 1.35. The Bertz CT molecular complexity index is 2020. The highest BCUT2D eigenvalue weighted by molar-refractivity contribution is 7.85. The molecule has 6 nitrogen and oxygen atoms in total. The molecule has 6 rings (SSSR count). The van der Waals surface area contributed by atoms with Crippen LogP contribution in [0, 0.1) is 20.8 Å². The average Bonchev–Trinajstić information content (AvgIpc) is 3.06. The van der Waals surface area contributed by atoms with Crippen LogP contribution in [0.2, 0.25) is 0 Å². The maximum Gasteiger partial charge on any atom is 0.307 e. The van der Waals surface area contributed by atoms with Crippen molar-refractivity contribution in [2.75, 3.05) is 15.9 Å². The lowest BCUT2D eigenvalue weighted by Gasteiger charge is -2.35. The molecular weight excluding hydrogens is 623 g/mol. The van der Waals surface area contributed by atoms with Crippen LogP contribution in [0.3, 0.4) is 0 Å². The van der Waals surface area contributed by atoms with Crippen molar-refractivity contribution in [3.05, 3.63) is 130 Å². The minimum Gasteiger partial charge on any atom is -0.481 e. The predicted molar refractivity (Wildman–Crippen MR) is 198 cm³/mol. The molecule has 1 heterocycles. The van der Waals surface area contributed by atoms with Gasteiger partial charge in [0.25, 0.3) is 0 Å². The largest absolute Gasteiger partial charge is 0.481 e. The van der Waals surface area contributed by atoms with Crippen LogP contribution in [-0.4, -0.2) is 26.7 Å². The van der Waals surface area contributed by atoms with Gasteiger partial charge >= 0.3 is 5.97 Å². The zero-order valence-electron chi connectivity index (χ0n) is 26.9. The molecular formula is C39H37N3O3S2. The Morgan fingerprint density at radius 1 is 0.851 bits per heavy atom. The number of thiocarbonyl (C=S) groups is 1. The Hall–Kier alpha value is -4.79. The van der Waals surface area contributed by atoms with Gasteiger partial charge in [-0.15, -0.1) is 0 Å². The van der Waals surface area contributed by atoms with E-state index in [-0.39, 0.29) is 6.42 Å². The fraction of sp³-hybridized carbons (Fsp3) is 0.179. The predicted octanol–water partition coefficient (Wildman–Crippen LogP) is 8.34. The van der Waals surface area contributed by atoms with E-state index in [2.05, 4.69) is 59.2 Å². The quantitative estimate of drug-likeness (QED) is 0.145. The molecule has 1 aliphatic rings. The summed E-state index contributed by atoms with van der Waals surface area (Å²) in [4.78, 5) is 12.1. The molecule has 238 valence electrons. The van der Waals surface area contributed by atoms with E-state index in [9.17, 15) is 14.1 Å². The van der Waals surface area contributed by atoms with E-state index in [1.807, 2.05) is 73.6 Å². The van der Waals surface area contributed by atoms with Gasteiger partial charge in [-0.25, -0.2) is 4.21 Å². The lowest BCUT2D eigenvalue weighted by molar-refractivity contribution is -0.136. The van der Waals surface area contributed by atoms with Crippen LogP contribution in [-0.2, 0) is 35.3 Å². The van der Waals surface area contributed by atoms with E-state index in [0.717, 1.165) is 72.6 Å². The molecule has 0 amide bonds. The number of carboxylic acids is 1. The molecule has 5 aromatic rings. The monoisotopic (exact) mass is 659 g/mol. The number of nitrogens with zero attached hydrogens (tertiary/aromatic N) is 1. The molecule has 0 saturated heterocycles. The van der Waals surface area contributed by atoms with Crippen LogP contribution in [0.1, 0.15) is 33.4 Å². The van der Waals surface area contributed by atoms with Crippen molar-refractivity contribution in [3.8, 4) is 33.4 Å². The second kappa shape index (κ2) is 13.5. The van der Waals surface area contributed by atoms with Gasteiger partial charge in [0, 0.05) is 24.1 Å². The topological polar surface area (TPSA) is 81.7 Å². The van der Waals surface area contributed by atoms with Crippen molar-refractivity contribution in [2.45, 2.75) is 40.3 Å². The number of anilines is 2. The Labute approximate surface area is 284 Å². The van der Waals surface area contributed by atoms with Gasteiger partial charge in [-0.05, 0) is 107 Å². The molecule has 0 bridgehead atoms. The number of hydrogen-bond acceptors (Lipinski definition) is 3. The number of aliphatic carboxylic acids is 1. The third kappa shape index (κ3) is 6.70. The van der Waals surface area contributed by atoms with Gasteiger partial charge in [0.15, 0.2) is 5.11 Å². The maximum absolute atomic E-state index is 13.1. The normalized spacial score (nSPS) is 12.6. The highest BCUT2D eigenvalue weighted by Gasteiger charge is 2.32. The fourth-order valence-electron chi connectivity index (χ4n) is 6.50. The number of carbonyl (C=O) groups is 1. The highest BCUT2D eigenvalue weighted by Crippen LogP contribution is 2.49. The molecule has 1 unspecified atom stereocenters. The first-order chi connectivity index (χ1) is 22.6. The number of benzene rings is 5. The molecule has 0 aliphatic carbocycles. The zero-order chi connectivity index (χ0) is 33.2. The molecule has 0 radical (unpaired) electrons. The van der Waals surface area contributed by atoms with Crippen molar-refractivity contribution in [1.29, 1.82) is 0 Å². The standard InChI is InChI=1S/C39H37N3O3S2/c1-24-13-15-29(16-14-24)36-26(3)37-34-20-32(18-17-31(34)23-42(47(4)45)38(37)25(2)33(36)21-35(43)44)41-39(46)40-22-27-9-8-12-30(19-27)28-10-6-5-7-11-28/h5-20H,21-23H2,1-4H3,(H,43,44)(H2,40,41,46). The van der Waals surface area contributed by atoms with Gasteiger partial charge in [0.2, 0.25) is 0 Å². The number of hydrogen-bond donors (Lipinski definition) is 3. The summed E-state index contributed by atoms with van der Waals surface area (Å²) < 4.78 is 15.0. The van der Waals surface area contributed by atoms with Crippen LogP contribution in [0.15, 0.2) is 97.1 Å². The molecule has 1 atom stereocenters. The number of nitrogens with one attached hydrogen (secondary N) is 2. The maximum atomic E-state index is 13.1. The molecule has 0 fully saturated rings. The van der Waals surface area contributed by atoms with E-state index >= 15 is 0 Å². The summed E-state index contributed by atoms with van der Waals surface area (Å²) in [7, 11) is -1.32. The first kappa shape index (κ1) is 32.2. The SMILES string of the molecule is Cc1ccc(-c2c(C)c3c(c(C)c2CC(=O)O)N(S(C)=O)Cc2ccc(NC(=S)NCc4cccc(-c5ccccc5)c4)cc2-3)cc1. The molecule has 5 aromatic carbocycles. The third-order valence-electron chi connectivity index (χ3n) is 8.76. The van der Waals surface area contributed by atoms with E-state index < -0.39 is 17.0 Å². The average molecular weight is 660 g/mol. The highest BCUT2D eigenvalue weighted by atomic mass is 32.2. The number of aryl methyl sites for hydroxylation is 1. The molecule has 0 spiro atoms. The number of fused-ring (bicyclic) bond motifs is 3. The minimum absolute atomic E-state index is 0.129. The van der Waals surface area contributed by atoms with Crippen LogP contribution in [0.4, 0.5) is 11.4 Å². The summed E-state index contributed by atoms with van der Waals surface area (Å²) in [6.07, 6.45) is 1.54. The van der Waals surface area contributed by atoms with Gasteiger partial charge in [-0.3, -0.25) is 9.10 Å². The summed E-state index contributed by atoms with van der Waals surface area (Å²) in [5.41, 5.74) is 13.6. The van der Waals surface area contributed by atoms with Crippen LogP contribution < -0.4 is 14.9 Å². The smallest absolute Gasteiger partial charge is 0.307 e. The Morgan fingerprint density at radius 2 is 1.57 bits per heavy atom. The summed E-state index contributed by atoms with van der Waals surface area (Å²) in [6.45, 7) is 7.05. The molecule has 47 heavy (non-hydrogen) atoms. The third-order valence-corrected chi connectivity index (χ3v) is 9.94. The Morgan fingerprint density at radius 3 is 2.28 bits per heavy atom. The molecule has 8 heteroatoms. The molecule has 1 aliphatic heterocycles. The number of carboxylic acid groups (broad SMARTS) is 1. The van der Waals surface area contributed by atoms with Gasteiger partial charge in [-0.1, -0.05) is 84.4 Å². The summed E-state index contributed by atoms with van der Waals surface area (Å²) in [5, 5.41) is 17.2. The van der Waals surface area contributed by atoms with Crippen molar-refractivity contribution in [1.82, 2.24) is 5.32 Å². The number of rotatable bonds is 8. The minimum atomic E-state index is -1.32. The van der Waals surface area contributed by atoms with E-state index in [4.69, 9.17) is 12.2 Å². The van der Waals surface area contributed by atoms with E-state index in [1.165, 1.54) is 5.56 Å². The summed E-state index contributed by atoms with van der Waals surface area (Å²) in [5.74, 6) is -0.902. The lowest BCUT2D eigenvalue weighted by Crippen LogP contribution is -2.30. The zero-order valence-corrected chi connectivity index (χ0v) is 28.5. The summed E-state index contributed by atoms with van der Waals surface area (Å²) >= 11 is 5.72. The van der Waals surface area contributed by atoms with Gasteiger partial charge in [0.1, 0.15) is 11.0 Å². The molecule has 0 saturated carbocycles. The van der Waals surface area contributed by atoms with Gasteiger partial charge in [0.05, 0.1) is 18.7 Å². The van der Waals surface area contributed by atoms with Crippen molar-refractivity contribution >= 4 is 45.7 Å². The molecule has 0 aromatic heterocycles. The first-order valence-electron chi connectivity index (χ1n) is 15.5. The second-order valence-corrected chi connectivity index (χ2v) is 13.7. The van der Waals surface area contributed by atoms with Crippen LogP contribution in [0.25, 0.3) is 33.4 Å². The second-order valence-electron chi connectivity index (χ2n) is 12.0. The van der Waals surface area contributed by atoms with E-state index in [1.54, 1.807) is 6.26 Å². The van der Waals surface area contributed by atoms with E-state index in [0.29, 0.717) is 18.2 Å². The van der Waals surface area contributed by atoms with Gasteiger partial charge < -0.3 is 15.7 Å². The Kier molecular flexibility index (Phi) is 9.25. The van der Waals surface area contributed by atoms with Crippen molar-refractivity contribution in [2.24, 2.45) is 0 Å². The van der Waals surface area contributed by atoms with Crippen LogP contribution in [0.5, 0.6) is 0 Å². The summed E-state index contributed by atoms with van der Waals surface area (Å²) in [6, 6.07) is 33.0. The van der Waals surface area contributed by atoms with Crippen molar-refractivity contribution < 1.29 is 14.1 Å².